The SMILES string of the molecule is COc1ccc2c(CCN(C(=O)O)C(C)(C)C)c[nH]c2n1. The largest absolute Gasteiger partial charge is 0.481 e. The van der Waals surface area contributed by atoms with E-state index < -0.39 is 11.6 Å². The minimum Gasteiger partial charge on any atom is -0.481 e. The minimum atomic E-state index is -0.901. The number of amides is 1. The molecule has 2 aromatic rings. The number of carbonyl (C=O) groups is 1. The third-order valence-electron chi connectivity index (χ3n) is 3.45. The highest BCUT2D eigenvalue weighted by Gasteiger charge is 2.25. The van der Waals surface area contributed by atoms with Gasteiger partial charge in [-0.1, -0.05) is 0 Å². The number of aromatic amines is 1. The molecule has 21 heavy (non-hydrogen) atoms. The second-order valence-electron chi connectivity index (χ2n) is 5.92. The van der Waals surface area contributed by atoms with Gasteiger partial charge in [-0.25, -0.2) is 4.79 Å². The van der Waals surface area contributed by atoms with Gasteiger partial charge in [-0.15, -0.1) is 0 Å². The number of carboxylic acid groups (broad SMARTS) is 1. The number of hydrogen-bond donors (Lipinski definition) is 2. The maximum Gasteiger partial charge on any atom is 0.407 e. The fraction of sp³-hybridized carbons (Fsp3) is 0.467. The van der Waals surface area contributed by atoms with Crippen LogP contribution in [0.15, 0.2) is 18.3 Å². The zero-order valence-corrected chi connectivity index (χ0v) is 12.8. The summed E-state index contributed by atoms with van der Waals surface area (Å²) < 4.78 is 5.09. The van der Waals surface area contributed by atoms with Crippen molar-refractivity contribution >= 4 is 17.1 Å². The number of methoxy groups -OCH3 is 1. The molecule has 6 heteroatoms. The molecule has 114 valence electrons. The number of fused-ring (bicyclic) bond motifs is 1. The van der Waals surface area contributed by atoms with Gasteiger partial charge in [0.2, 0.25) is 5.88 Å². The molecule has 0 aliphatic rings. The van der Waals surface area contributed by atoms with Crippen LogP contribution in [0.1, 0.15) is 26.3 Å². The Morgan fingerprint density at radius 2 is 2.14 bits per heavy atom. The van der Waals surface area contributed by atoms with E-state index >= 15 is 0 Å². The first-order valence-corrected chi connectivity index (χ1v) is 6.84. The Morgan fingerprint density at radius 1 is 1.43 bits per heavy atom. The lowest BCUT2D eigenvalue weighted by molar-refractivity contribution is 0.101. The zero-order valence-electron chi connectivity index (χ0n) is 12.8. The summed E-state index contributed by atoms with van der Waals surface area (Å²) in [5, 5.41) is 10.3. The molecule has 2 N–H and O–H groups in total. The third kappa shape index (κ3) is 3.26. The van der Waals surface area contributed by atoms with E-state index in [4.69, 9.17) is 4.74 Å². The van der Waals surface area contributed by atoms with Crippen molar-refractivity contribution in [2.45, 2.75) is 32.7 Å². The second-order valence-corrected chi connectivity index (χ2v) is 5.92. The molecular weight excluding hydrogens is 270 g/mol. The normalized spacial score (nSPS) is 11.6. The van der Waals surface area contributed by atoms with Crippen LogP contribution in [-0.4, -0.2) is 45.3 Å². The lowest BCUT2D eigenvalue weighted by Crippen LogP contribution is -2.45. The van der Waals surface area contributed by atoms with Gasteiger partial charge >= 0.3 is 6.09 Å². The lowest BCUT2D eigenvalue weighted by Gasteiger charge is -2.33. The molecule has 0 saturated heterocycles. The number of H-pyrrole nitrogens is 1. The summed E-state index contributed by atoms with van der Waals surface area (Å²) in [5.74, 6) is 0.553. The minimum absolute atomic E-state index is 0.417. The fourth-order valence-corrected chi connectivity index (χ4v) is 2.31. The van der Waals surface area contributed by atoms with Crippen molar-refractivity contribution in [1.29, 1.82) is 0 Å². The van der Waals surface area contributed by atoms with Gasteiger partial charge in [-0.05, 0) is 38.8 Å². The molecule has 0 atom stereocenters. The highest BCUT2D eigenvalue weighted by molar-refractivity contribution is 5.80. The summed E-state index contributed by atoms with van der Waals surface area (Å²) in [6.45, 7) is 6.12. The summed E-state index contributed by atoms with van der Waals surface area (Å²) in [6, 6.07) is 3.74. The first-order valence-electron chi connectivity index (χ1n) is 6.84. The second kappa shape index (κ2) is 5.63. The van der Waals surface area contributed by atoms with Gasteiger partial charge in [0.25, 0.3) is 0 Å². The monoisotopic (exact) mass is 291 g/mol. The average Bonchev–Trinajstić information content (AvgIpc) is 2.79. The lowest BCUT2D eigenvalue weighted by atomic mass is 10.1. The van der Waals surface area contributed by atoms with Crippen LogP contribution < -0.4 is 4.74 Å². The Labute approximate surface area is 123 Å². The smallest absolute Gasteiger partial charge is 0.407 e. The molecule has 2 heterocycles. The Morgan fingerprint density at radius 3 is 2.71 bits per heavy atom. The van der Waals surface area contributed by atoms with Crippen molar-refractivity contribution in [2.24, 2.45) is 0 Å². The number of rotatable bonds is 4. The number of pyridine rings is 1. The van der Waals surface area contributed by atoms with Gasteiger partial charge in [-0.2, -0.15) is 4.98 Å². The van der Waals surface area contributed by atoms with Gasteiger partial charge in [0.15, 0.2) is 0 Å². The molecule has 2 aromatic heterocycles. The summed E-state index contributed by atoms with van der Waals surface area (Å²) >= 11 is 0. The summed E-state index contributed by atoms with van der Waals surface area (Å²) in [7, 11) is 1.58. The fourth-order valence-electron chi connectivity index (χ4n) is 2.31. The number of aromatic nitrogens is 2. The summed E-state index contributed by atoms with van der Waals surface area (Å²) in [6.07, 6.45) is 1.61. The molecule has 0 aliphatic heterocycles. The molecule has 0 unspecified atom stereocenters. The van der Waals surface area contributed by atoms with Gasteiger partial charge in [0.05, 0.1) is 7.11 Å². The Balaban J connectivity index is 2.18. The maximum absolute atomic E-state index is 11.3. The van der Waals surface area contributed by atoms with Crippen LogP contribution >= 0.6 is 0 Å². The van der Waals surface area contributed by atoms with E-state index in [1.807, 2.05) is 33.0 Å². The highest BCUT2D eigenvalue weighted by atomic mass is 16.5. The molecule has 0 fully saturated rings. The van der Waals surface area contributed by atoms with E-state index in [0.29, 0.717) is 18.8 Å². The molecule has 6 nitrogen and oxygen atoms in total. The van der Waals surface area contributed by atoms with E-state index in [1.54, 1.807) is 13.2 Å². The molecule has 0 bridgehead atoms. The zero-order chi connectivity index (χ0) is 15.6. The predicted molar refractivity (Wildman–Crippen MR) is 80.8 cm³/mol. The van der Waals surface area contributed by atoms with Gasteiger partial charge in [-0.3, -0.25) is 0 Å². The number of nitrogens with one attached hydrogen (secondary N) is 1. The molecule has 0 saturated carbocycles. The molecule has 0 radical (unpaired) electrons. The first-order chi connectivity index (χ1) is 9.82. The van der Waals surface area contributed by atoms with Crippen LogP contribution in [0, 0.1) is 0 Å². The molecule has 0 aliphatic carbocycles. The Bertz CT molecular complexity index is 643. The first kappa shape index (κ1) is 15.2. The number of ether oxygens (including phenoxy) is 1. The number of hydrogen-bond acceptors (Lipinski definition) is 3. The number of nitrogens with zero attached hydrogens (tertiary/aromatic N) is 2. The van der Waals surface area contributed by atoms with Crippen molar-refractivity contribution in [3.05, 3.63) is 23.9 Å². The quantitative estimate of drug-likeness (QED) is 0.908. The Kier molecular flexibility index (Phi) is 4.06. The van der Waals surface area contributed by atoms with E-state index in [-0.39, 0.29) is 0 Å². The third-order valence-corrected chi connectivity index (χ3v) is 3.45. The van der Waals surface area contributed by atoms with Crippen LogP contribution in [0.2, 0.25) is 0 Å². The van der Waals surface area contributed by atoms with E-state index in [9.17, 15) is 9.90 Å². The molecule has 2 rings (SSSR count). The highest BCUT2D eigenvalue weighted by Crippen LogP contribution is 2.21. The molecule has 1 amide bonds. The van der Waals surface area contributed by atoms with Crippen molar-refractivity contribution in [2.75, 3.05) is 13.7 Å². The molecule has 0 aromatic carbocycles. The van der Waals surface area contributed by atoms with Crippen molar-refractivity contribution in [1.82, 2.24) is 14.9 Å². The maximum atomic E-state index is 11.3. The Hall–Kier alpha value is -2.24. The van der Waals surface area contributed by atoms with Gasteiger partial charge < -0.3 is 19.7 Å². The van der Waals surface area contributed by atoms with Gasteiger partial charge in [0, 0.05) is 29.7 Å². The van der Waals surface area contributed by atoms with Crippen LogP contribution in [0.25, 0.3) is 11.0 Å². The van der Waals surface area contributed by atoms with E-state index in [0.717, 1.165) is 16.6 Å². The predicted octanol–water partition coefficient (Wildman–Crippen LogP) is 2.89. The van der Waals surface area contributed by atoms with Crippen LogP contribution in [0.5, 0.6) is 5.88 Å². The van der Waals surface area contributed by atoms with Crippen molar-refractivity contribution < 1.29 is 14.6 Å². The summed E-state index contributed by atoms with van der Waals surface area (Å²) in [4.78, 5) is 20.2. The van der Waals surface area contributed by atoms with E-state index in [2.05, 4.69) is 9.97 Å². The van der Waals surface area contributed by atoms with Gasteiger partial charge in [0.1, 0.15) is 5.65 Å². The molecule has 0 spiro atoms. The summed E-state index contributed by atoms with van der Waals surface area (Å²) in [5.41, 5.74) is 1.39. The van der Waals surface area contributed by atoms with Crippen LogP contribution in [0.4, 0.5) is 4.79 Å². The van der Waals surface area contributed by atoms with Crippen molar-refractivity contribution in [3.8, 4) is 5.88 Å². The topological polar surface area (TPSA) is 78.5 Å². The molecular formula is C15H21N3O3. The average molecular weight is 291 g/mol. The standard InChI is InChI=1S/C15H21N3O3/c1-15(2,3)18(14(19)20)8-7-10-9-16-13-11(10)5-6-12(17-13)21-4/h5-6,9H,7-8H2,1-4H3,(H,16,17)(H,19,20). The van der Waals surface area contributed by atoms with Crippen LogP contribution in [-0.2, 0) is 6.42 Å². The van der Waals surface area contributed by atoms with Crippen molar-refractivity contribution in [3.63, 3.8) is 0 Å². The van der Waals surface area contributed by atoms with Crippen LogP contribution in [0.3, 0.4) is 0 Å². The van der Waals surface area contributed by atoms with E-state index in [1.165, 1.54) is 4.90 Å².